The largest absolute Gasteiger partial charge is 0.310 e. The van der Waals surface area contributed by atoms with Gasteiger partial charge in [0, 0.05) is 12.1 Å². The van der Waals surface area contributed by atoms with Crippen molar-refractivity contribution in [3.63, 3.8) is 0 Å². The van der Waals surface area contributed by atoms with Gasteiger partial charge in [-0.3, -0.25) is 14.9 Å². The van der Waals surface area contributed by atoms with Crippen LogP contribution in [-0.4, -0.2) is 16.8 Å². The Balaban J connectivity index is 1.71. The van der Waals surface area contributed by atoms with Crippen LogP contribution in [0.15, 0.2) is 60.3 Å². The van der Waals surface area contributed by atoms with E-state index in [1.807, 2.05) is 54.6 Å². The molecule has 0 saturated heterocycles. The van der Waals surface area contributed by atoms with Crippen molar-refractivity contribution in [2.45, 2.75) is 26.3 Å². The van der Waals surface area contributed by atoms with Crippen molar-refractivity contribution >= 4 is 17.4 Å². The summed E-state index contributed by atoms with van der Waals surface area (Å²) in [6.45, 7) is 2.33. The molecule has 128 valence electrons. The minimum absolute atomic E-state index is 0.260. The highest BCUT2D eigenvalue weighted by Gasteiger charge is 2.26. The third-order valence-corrected chi connectivity index (χ3v) is 4.38. The zero-order valence-electron chi connectivity index (χ0n) is 14.2. The first-order valence-electron chi connectivity index (χ1n) is 8.25. The lowest BCUT2D eigenvalue weighted by atomic mass is 9.94. The van der Waals surface area contributed by atoms with Crippen LogP contribution in [-0.2, 0) is 22.6 Å². The predicted molar refractivity (Wildman–Crippen MR) is 96.7 cm³/mol. The number of amides is 2. The minimum atomic E-state index is -0.404. The number of imide groups is 1. The van der Waals surface area contributed by atoms with Crippen molar-refractivity contribution in [3.05, 3.63) is 77.0 Å². The van der Waals surface area contributed by atoms with E-state index in [0.29, 0.717) is 24.2 Å². The second-order valence-electron chi connectivity index (χ2n) is 6.11. The lowest BCUT2D eigenvalue weighted by Gasteiger charge is -2.29. The van der Waals surface area contributed by atoms with Gasteiger partial charge in [0.1, 0.15) is 0 Å². The number of allylic oxidation sites excluding steroid dienone is 1. The molecule has 25 heavy (non-hydrogen) atoms. The summed E-state index contributed by atoms with van der Waals surface area (Å²) >= 11 is 0. The molecule has 0 bridgehead atoms. The normalized spacial score (nSPS) is 13.4. The first-order chi connectivity index (χ1) is 12.1. The minimum Gasteiger partial charge on any atom is -0.310 e. The highest BCUT2D eigenvalue weighted by Crippen LogP contribution is 2.29. The van der Waals surface area contributed by atoms with E-state index in [-0.39, 0.29) is 12.3 Å². The quantitative estimate of drug-likeness (QED) is 0.841. The van der Waals surface area contributed by atoms with Gasteiger partial charge in [-0.1, -0.05) is 54.6 Å². The summed E-state index contributed by atoms with van der Waals surface area (Å²) in [5.41, 5.74) is 3.98. The number of carbonyl (C=O) groups is 2. The SMILES string of the molecule is CC1=C(C(=O)NC(=O)CCc2ccccc2)c2ccccc2CN1N. The number of hydrogen-bond donors (Lipinski definition) is 2. The van der Waals surface area contributed by atoms with Crippen LogP contribution in [0.5, 0.6) is 0 Å². The van der Waals surface area contributed by atoms with Gasteiger partial charge in [-0.2, -0.15) is 0 Å². The van der Waals surface area contributed by atoms with Gasteiger partial charge < -0.3 is 5.01 Å². The molecule has 2 aromatic rings. The monoisotopic (exact) mass is 335 g/mol. The summed E-state index contributed by atoms with van der Waals surface area (Å²) in [6, 6.07) is 17.3. The molecule has 1 aliphatic heterocycles. The molecular formula is C20H21N3O2. The first kappa shape index (κ1) is 16.9. The number of nitrogens with two attached hydrogens (primary N) is 1. The van der Waals surface area contributed by atoms with Gasteiger partial charge in [0.15, 0.2) is 0 Å². The Morgan fingerprint density at radius 1 is 1.08 bits per heavy atom. The first-order valence-corrected chi connectivity index (χ1v) is 8.25. The molecule has 0 atom stereocenters. The Morgan fingerprint density at radius 3 is 2.52 bits per heavy atom. The Hall–Kier alpha value is -2.92. The van der Waals surface area contributed by atoms with E-state index in [1.165, 1.54) is 5.01 Å². The number of carbonyl (C=O) groups excluding carboxylic acids is 2. The van der Waals surface area contributed by atoms with Crippen LogP contribution in [0, 0.1) is 0 Å². The molecule has 1 aliphatic rings. The van der Waals surface area contributed by atoms with Gasteiger partial charge in [0.2, 0.25) is 5.91 Å². The summed E-state index contributed by atoms with van der Waals surface area (Å²) in [7, 11) is 0. The summed E-state index contributed by atoms with van der Waals surface area (Å²) in [5.74, 6) is 5.30. The summed E-state index contributed by atoms with van der Waals surface area (Å²) in [4.78, 5) is 24.8. The van der Waals surface area contributed by atoms with E-state index in [9.17, 15) is 9.59 Å². The van der Waals surface area contributed by atoms with Crippen LogP contribution in [0.2, 0.25) is 0 Å². The molecule has 2 amide bonds. The van der Waals surface area contributed by atoms with Crippen molar-refractivity contribution in [1.82, 2.24) is 10.3 Å². The van der Waals surface area contributed by atoms with E-state index in [0.717, 1.165) is 16.7 Å². The number of hydrazine groups is 1. The van der Waals surface area contributed by atoms with Gasteiger partial charge >= 0.3 is 0 Å². The lowest BCUT2D eigenvalue weighted by molar-refractivity contribution is -0.127. The fourth-order valence-corrected chi connectivity index (χ4v) is 2.98. The van der Waals surface area contributed by atoms with E-state index < -0.39 is 5.91 Å². The fraction of sp³-hybridized carbons (Fsp3) is 0.200. The average molecular weight is 335 g/mol. The van der Waals surface area contributed by atoms with Crippen molar-refractivity contribution in [2.24, 2.45) is 5.84 Å². The summed E-state index contributed by atoms with van der Waals surface area (Å²) < 4.78 is 0. The Labute approximate surface area is 147 Å². The predicted octanol–water partition coefficient (Wildman–Crippen LogP) is 2.38. The number of aryl methyl sites for hydroxylation is 1. The van der Waals surface area contributed by atoms with Crippen LogP contribution < -0.4 is 11.2 Å². The molecule has 0 saturated carbocycles. The fourth-order valence-electron chi connectivity index (χ4n) is 2.98. The molecule has 0 aromatic heterocycles. The third kappa shape index (κ3) is 3.78. The number of benzene rings is 2. The van der Waals surface area contributed by atoms with E-state index in [4.69, 9.17) is 5.84 Å². The molecule has 0 unspecified atom stereocenters. The van der Waals surface area contributed by atoms with Crippen molar-refractivity contribution in [3.8, 4) is 0 Å². The van der Waals surface area contributed by atoms with Crippen LogP contribution in [0.1, 0.15) is 30.0 Å². The number of rotatable bonds is 4. The average Bonchev–Trinajstić information content (AvgIpc) is 2.62. The number of nitrogens with one attached hydrogen (secondary N) is 1. The molecule has 0 radical (unpaired) electrons. The molecule has 3 N–H and O–H groups in total. The molecule has 3 rings (SSSR count). The molecule has 0 spiro atoms. The molecule has 0 aliphatic carbocycles. The van der Waals surface area contributed by atoms with Gasteiger partial charge in [0.25, 0.3) is 5.91 Å². The smallest absolute Gasteiger partial charge is 0.260 e. The maximum absolute atomic E-state index is 12.7. The Bertz CT molecular complexity index is 828. The van der Waals surface area contributed by atoms with Crippen LogP contribution in [0.25, 0.3) is 5.57 Å². The van der Waals surface area contributed by atoms with Crippen LogP contribution in [0.3, 0.4) is 0 Å². The maximum atomic E-state index is 12.7. The lowest BCUT2D eigenvalue weighted by Crippen LogP contribution is -2.38. The Kier molecular flexibility index (Phi) is 4.95. The second-order valence-corrected chi connectivity index (χ2v) is 6.11. The molecular weight excluding hydrogens is 314 g/mol. The van der Waals surface area contributed by atoms with Crippen molar-refractivity contribution < 1.29 is 9.59 Å². The molecule has 5 nitrogen and oxygen atoms in total. The Morgan fingerprint density at radius 2 is 1.76 bits per heavy atom. The van der Waals surface area contributed by atoms with Crippen molar-refractivity contribution in [2.75, 3.05) is 0 Å². The zero-order valence-corrected chi connectivity index (χ0v) is 14.2. The maximum Gasteiger partial charge on any atom is 0.260 e. The molecule has 0 fully saturated rings. The van der Waals surface area contributed by atoms with Gasteiger partial charge in [-0.25, -0.2) is 5.84 Å². The summed E-state index contributed by atoms with van der Waals surface area (Å²) in [6.07, 6.45) is 0.855. The van der Waals surface area contributed by atoms with Gasteiger partial charge in [-0.05, 0) is 30.0 Å². The number of hydrogen-bond acceptors (Lipinski definition) is 4. The van der Waals surface area contributed by atoms with Gasteiger partial charge in [-0.15, -0.1) is 0 Å². The van der Waals surface area contributed by atoms with Crippen LogP contribution >= 0.6 is 0 Å². The van der Waals surface area contributed by atoms with E-state index in [1.54, 1.807) is 6.92 Å². The molecule has 5 heteroatoms. The highest BCUT2D eigenvalue weighted by atomic mass is 16.2. The summed E-state index contributed by atoms with van der Waals surface area (Å²) in [5, 5.41) is 4.03. The van der Waals surface area contributed by atoms with E-state index in [2.05, 4.69) is 5.32 Å². The zero-order chi connectivity index (χ0) is 17.8. The topological polar surface area (TPSA) is 75.4 Å². The standard InChI is InChI=1S/C20H21N3O2/c1-14-19(17-10-6-5-9-16(17)13-23(14)21)20(25)22-18(24)12-11-15-7-3-2-4-8-15/h2-10H,11-13,21H2,1H3,(H,22,24,25). The highest BCUT2D eigenvalue weighted by molar-refractivity contribution is 6.24. The van der Waals surface area contributed by atoms with Gasteiger partial charge in [0.05, 0.1) is 12.1 Å². The number of nitrogens with zero attached hydrogens (tertiary/aromatic N) is 1. The molecule has 1 heterocycles. The molecule has 2 aromatic carbocycles. The number of fused-ring (bicyclic) bond motifs is 1. The second kappa shape index (κ2) is 7.32. The van der Waals surface area contributed by atoms with E-state index >= 15 is 0 Å². The third-order valence-electron chi connectivity index (χ3n) is 4.38. The van der Waals surface area contributed by atoms with Crippen LogP contribution in [0.4, 0.5) is 0 Å². The van der Waals surface area contributed by atoms with Crippen molar-refractivity contribution in [1.29, 1.82) is 0 Å².